The van der Waals surface area contributed by atoms with Crippen LogP contribution in [0, 0.1) is 0 Å². The van der Waals surface area contributed by atoms with E-state index in [-0.39, 0.29) is 35.1 Å². The molecule has 0 aliphatic rings. The molecule has 12 heteroatoms. The van der Waals surface area contributed by atoms with Gasteiger partial charge in [0, 0.05) is 22.0 Å². The number of phenolic OH excluding ortho intramolecular Hbond substituents is 12. The molecule has 0 fully saturated rings. The van der Waals surface area contributed by atoms with Crippen molar-refractivity contribution in [1.82, 2.24) is 0 Å². The van der Waals surface area contributed by atoms with Gasteiger partial charge in [-0.05, 0) is 59.4 Å². The lowest BCUT2D eigenvalue weighted by Gasteiger charge is -2.36. The Morgan fingerprint density at radius 1 is 0.375 bits per heavy atom. The van der Waals surface area contributed by atoms with Gasteiger partial charge in [0.05, 0.1) is 0 Å². The van der Waals surface area contributed by atoms with Crippen molar-refractivity contribution in [3.8, 4) is 69.0 Å². The maximum atomic E-state index is 11.1. The predicted octanol–water partition coefficient (Wildman–Crippen LogP) is 5.25. The van der Waals surface area contributed by atoms with Crippen molar-refractivity contribution in [2.45, 2.75) is 37.5 Å². The monoisotopic (exact) mass is 658 g/mol. The maximum Gasteiger partial charge on any atom is 0.200 e. The van der Waals surface area contributed by atoms with Gasteiger partial charge in [0.1, 0.15) is 0 Å². The average Bonchev–Trinajstić information content (AvgIpc) is 3.06. The van der Waals surface area contributed by atoms with Crippen LogP contribution >= 0.6 is 0 Å². The zero-order chi connectivity index (χ0) is 35.3. The fourth-order valence-corrected chi connectivity index (χ4v) is 6.21. The van der Waals surface area contributed by atoms with Crippen molar-refractivity contribution >= 4 is 0 Å². The molecule has 12 nitrogen and oxygen atoms in total. The molecule has 48 heavy (non-hydrogen) atoms. The van der Waals surface area contributed by atoms with Crippen molar-refractivity contribution in [3.05, 3.63) is 106 Å². The van der Waals surface area contributed by atoms with Gasteiger partial charge in [0.15, 0.2) is 46.0 Å². The number of phenols is 12. The van der Waals surface area contributed by atoms with Crippen LogP contribution in [0.4, 0.5) is 0 Å². The molecule has 2 atom stereocenters. The van der Waals surface area contributed by atoms with Crippen molar-refractivity contribution < 1.29 is 61.3 Å². The Balaban J connectivity index is 1.78. The highest BCUT2D eigenvalue weighted by molar-refractivity contribution is 5.63. The van der Waals surface area contributed by atoms with E-state index in [0.717, 1.165) is 0 Å². The van der Waals surface area contributed by atoms with E-state index in [2.05, 4.69) is 0 Å². The third-order valence-electron chi connectivity index (χ3n) is 9.10. The van der Waals surface area contributed by atoms with E-state index >= 15 is 0 Å². The Labute approximate surface area is 273 Å². The molecule has 12 N–H and O–H groups in total. The lowest BCUT2D eigenvalue weighted by Crippen LogP contribution is -2.30. The fraction of sp³-hybridized carbons (Fsp3) is 0.167. The van der Waals surface area contributed by atoms with E-state index < -0.39 is 79.8 Å². The number of rotatable bonds is 8. The second-order valence-electron chi connectivity index (χ2n) is 12.1. The molecule has 0 spiro atoms. The number of hydrogen-bond donors (Lipinski definition) is 12. The molecular weight excluding hydrogens is 624 g/mol. The standard InChI is InChI=1S/C36H34O12/c1-35(21-8-12-25(39)33(47)29(21)43,15-17-6-10-23(37)31(45)27(17)41)19-4-3-5-20(14-19)36(2,22-9-13-26(40)34(48)30(22)44)16-18-7-11-24(38)32(46)28(18)42/h3-14,37-48H,15-16H2,1-2H3. The molecule has 2 unspecified atom stereocenters. The first-order valence-electron chi connectivity index (χ1n) is 14.6. The Morgan fingerprint density at radius 3 is 1.04 bits per heavy atom. The van der Waals surface area contributed by atoms with Crippen LogP contribution in [0.2, 0.25) is 0 Å². The molecule has 5 aromatic carbocycles. The molecule has 0 radical (unpaired) electrons. The number of benzene rings is 5. The third-order valence-corrected chi connectivity index (χ3v) is 9.10. The Kier molecular flexibility index (Phi) is 8.14. The lowest BCUT2D eigenvalue weighted by molar-refractivity contribution is 0.353. The Morgan fingerprint density at radius 2 is 0.688 bits per heavy atom. The van der Waals surface area contributed by atoms with Crippen molar-refractivity contribution in [1.29, 1.82) is 0 Å². The molecule has 0 heterocycles. The van der Waals surface area contributed by atoms with Crippen LogP contribution in [0.25, 0.3) is 0 Å². The van der Waals surface area contributed by atoms with Gasteiger partial charge in [-0.25, -0.2) is 0 Å². The van der Waals surface area contributed by atoms with Crippen LogP contribution in [0.15, 0.2) is 72.8 Å². The van der Waals surface area contributed by atoms with Crippen LogP contribution in [0.5, 0.6) is 69.0 Å². The second-order valence-corrected chi connectivity index (χ2v) is 12.1. The van der Waals surface area contributed by atoms with E-state index in [1.54, 1.807) is 38.1 Å². The average molecular weight is 659 g/mol. The fourth-order valence-electron chi connectivity index (χ4n) is 6.21. The van der Waals surface area contributed by atoms with Gasteiger partial charge >= 0.3 is 0 Å². The third kappa shape index (κ3) is 5.32. The SMILES string of the molecule is CC(Cc1ccc(O)c(O)c1O)(c1cccc(C(C)(Cc2ccc(O)c(O)c2O)c2ccc(O)c(O)c2O)c1)c1ccc(O)c(O)c1O. The summed E-state index contributed by atoms with van der Waals surface area (Å²) in [5.74, 6) is -8.06. The molecule has 0 saturated heterocycles. The summed E-state index contributed by atoms with van der Waals surface area (Å²) in [7, 11) is 0. The van der Waals surface area contributed by atoms with E-state index in [0.29, 0.717) is 11.1 Å². The second kappa shape index (κ2) is 11.8. The molecule has 0 bridgehead atoms. The highest BCUT2D eigenvalue weighted by Crippen LogP contribution is 2.52. The minimum absolute atomic E-state index is 0.0924. The first-order chi connectivity index (χ1) is 22.5. The summed E-state index contributed by atoms with van der Waals surface area (Å²) < 4.78 is 0. The van der Waals surface area contributed by atoms with Crippen LogP contribution in [-0.4, -0.2) is 61.3 Å². The van der Waals surface area contributed by atoms with Crippen LogP contribution in [0.1, 0.15) is 47.2 Å². The van der Waals surface area contributed by atoms with Crippen molar-refractivity contribution in [2.75, 3.05) is 0 Å². The first kappa shape index (κ1) is 33.1. The lowest BCUT2D eigenvalue weighted by atomic mass is 9.67. The zero-order valence-electron chi connectivity index (χ0n) is 25.7. The molecule has 0 aliphatic heterocycles. The molecule has 5 rings (SSSR count). The number of hydrogen-bond acceptors (Lipinski definition) is 12. The summed E-state index contributed by atoms with van der Waals surface area (Å²) in [4.78, 5) is 0. The highest BCUT2D eigenvalue weighted by atomic mass is 16.3. The summed E-state index contributed by atoms with van der Waals surface area (Å²) in [6, 6.07) is 16.8. The van der Waals surface area contributed by atoms with Crippen LogP contribution < -0.4 is 0 Å². The molecule has 0 aromatic heterocycles. The summed E-state index contributed by atoms with van der Waals surface area (Å²) >= 11 is 0. The van der Waals surface area contributed by atoms with Crippen molar-refractivity contribution in [3.63, 3.8) is 0 Å². The maximum absolute atomic E-state index is 11.1. The molecular formula is C36H34O12. The van der Waals surface area contributed by atoms with Crippen LogP contribution in [-0.2, 0) is 23.7 Å². The van der Waals surface area contributed by atoms with Gasteiger partial charge in [0.25, 0.3) is 0 Å². The summed E-state index contributed by atoms with van der Waals surface area (Å²) in [6.07, 6.45) is -0.301. The van der Waals surface area contributed by atoms with Gasteiger partial charge in [-0.15, -0.1) is 0 Å². The minimum atomic E-state index is -1.37. The molecule has 0 saturated carbocycles. The molecule has 250 valence electrons. The zero-order valence-corrected chi connectivity index (χ0v) is 25.7. The van der Waals surface area contributed by atoms with Crippen molar-refractivity contribution in [2.24, 2.45) is 0 Å². The van der Waals surface area contributed by atoms with E-state index in [9.17, 15) is 61.3 Å². The predicted molar refractivity (Wildman–Crippen MR) is 173 cm³/mol. The van der Waals surface area contributed by atoms with Crippen LogP contribution in [0.3, 0.4) is 0 Å². The van der Waals surface area contributed by atoms with Gasteiger partial charge in [-0.3, -0.25) is 0 Å². The quantitative estimate of drug-likeness (QED) is 0.0957. The largest absolute Gasteiger partial charge is 0.504 e. The van der Waals surface area contributed by atoms with E-state index in [1.165, 1.54) is 48.5 Å². The van der Waals surface area contributed by atoms with E-state index in [4.69, 9.17) is 0 Å². The van der Waals surface area contributed by atoms with Gasteiger partial charge in [-0.2, -0.15) is 0 Å². The summed E-state index contributed by atoms with van der Waals surface area (Å²) in [6.45, 7) is 3.32. The number of aromatic hydroxyl groups is 12. The van der Waals surface area contributed by atoms with E-state index in [1.807, 2.05) is 0 Å². The van der Waals surface area contributed by atoms with Gasteiger partial charge in [0.2, 0.25) is 23.0 Å². The van der Waals surface area contributed by atoms with Gasteiger partial charge < -0.3 is 61.3 Å². The molecule has 0 amide bonds. The Bertz CT molecular complexity index is 1910. The van der Waals surface area contributed by atoms with Gasteiger partial charge in [-0.1, -0.05) is 62.4 Å². The normalized spacial score (nSPS) is 13.9. The minimum Gasteiger partial charge on any atom is -0.504 e. The summed E-state index contributed by atoms with van der Waals surface area (Å²) in [5, 5.41) is 125. The molecule has 0 aliphatic carbocycles. The highest BCUT2D eigenvalue weighted by Gasteiger charge is 2.39. The smallest absolute Gasteiger partial charge is 0.200 e. The first-order valence-corrected chi connectivity index (χ1v) is 14.6. The Hall–Kier alpha value is -6.30. The molecule has 5 aromatic rings. The topological polar surface area (TPSA) is 243 Å². The summed E-state index contributed by atoms with van der Waals surface area (Å²) in [5.41, 5.74) is -1.42.